The lowest BCUT2D eigenvalue weighted by atomic mass is 9.95. The molecule has 0 radical (unpaired) electrons. The Kier molecular flexibility index (Phi) is 3.05. The normalized spacial score (nSPS) is 25.0. The first kappa shape index (κ1) is 13.0. The van der Waals surface area contributed by atoms with Crippen molar-refractivity contribution in [2.45, 2.75) is 38.3 Å². The molecule has 4 rings (SSSR count). The molecule has 1 saturated heterocycles. The highest BCUT2D eigenvalue weighted by Gasteiger charge is 2.37. The van der Waals surface area contributed by atoms with Crippen LogP contribution in [0.2, 0.25) is 0 Å². The second kappa shape index (κ2) is 4.93. The van der Waals surface area contributed by atoms with Gasteiger partial charge in [0.05, 0.1) is 0 Å². The second-order valence-corrected chi connectivity index (χ2v) is 5.98. The van der Waals surface area contributed by atoms with Crippen molar-refractivity contribution in [1.82, 2.24) is 15.5 Å². The first-order valence-corrected chi connectivity index (χ1v) is 7.56. The maximum absolute atomic E-state index is 5.79. The van der Waals surface area contributed by atoms with Crippen LogP contribution in [0, 0.1) is 0 Å². The van der Waals surface area contributed by atoms with Gasteiger partial charge in [0, 0.05) is 18.7 Å². The van der Waals surface area contributed by atoms with Crippen molar-refractivity contribution in [3.63, 3.8) is 0 Å². The minimum atomic E-state index is -0.391. The molecule has 1 aromatic carbocycles. The van der Waals surface area contributed by atoms with Crippen LogP contribution in [0.1, 0.15) is 36.7 Å². The lowest BCUT2D eigenvalue weighted by Crippen LogP contribution is -2.24. The zero-order chi connectivity index (χ0) is 14.3. The lowest BCUT2D eigenvalue weighted by molar-refractivity contribution is 0.00768. The Morgan fingerprint density at radius 1 is 1.33 bits per heavy atom. The van der Waals surface area contributed by atoms with Gasteiger partial charge in [0.25, 0.3) is 5.89 Å². The first-order chi connectivity index (χ1) is 10.3. The fourth-order valence-corrected chi connectivity index (χ4v) is 3.24. The summed E-state index contributed by atoms with van der Waals surface area (Å²) in [5, 5.41) is 7.56. The van der Waals surface area contributed by atoms with Crippen LogP contribution in [0.3, 0.4) is 0 Å². The number of ether oxygens (including phenoxy) is 1. The minimum absolute atomic E-state index is 0.391. The number of benzene rings is 1. The Labute approximate surface area is 123 Å². The highest BCUT2D eigenvalue weighted by Crippen LogP contribution is 2.35. The van der Waals surface area contributed by atoms with Crippen LogP contribution < -0.4 is 5.32 Å². The number of aromatic nitrogens is 2. The molecule has 1 N–H and O–H groups in total. The monoisotopic (exact) mass is 285 g/mol. The van der Waals surface area contributed by atoms with Gasteiger partial charge in [-0.1, -0.05) is 17.3 Å². The molecule has 0 spiro atoms. The SMILES string of the molecule is CC1(c2noc(-c3cccc4c3CCNC4)n2)CCCO1. The highest BCUT2D eigenvalue weighted by atomic mass is 16.5. The van der Waals surface area contributed by atoms with E-state index in [4.69, 9.17) is 9.26 Å². The van der Waals surface area contributed by atoms with Crippen LogP contribution in [-0.2, 0) is 23.3 Å². The van der Waals surface area contributed by atoms with Crippen molar-refractivity contribution < 1.29 is 9.26 Å². The van der Waals surface area contributed by atoms with Crippen molar-refractivity contribution in [2.75, 3.05) is 13.2 Å². The Morgan fingerprint density at radius 2 is 2.29 bits per heavy atom. The molecule has 2 aliphatic rings. The summed E-state index contributed by atoms with van der Waals surface area (Å²) in [6, 6.07) is 6.28. The molecule has 110 valence electrons. The molecule has 0 saturated carbocycles. The molecule has 21 heavy (non-hydrogen) atoms. The van der Waals surface area contributed by atoms with E-state index in [2.05, 4.69) is 33.7 Å². The van der Waals surface area contributed by atoms with Crippen LogP contribution in [0.5, 0.6) is 0 Å². The van der Waals surface area contributed by atoms with Gasteiger partial charge in [-0.05, 0) is 49.9 Å². The van der Waals surface area contributed by atoms with Gasteiger partial charge in [0.1, 0.15) is 5.60 Å². The highest BCUT2D eigenvalue weighted by molar-refractivity contribution is 5.61. The summed E-state index contributed by atoms with van der Waals surface area (Å²) in [5.41, 5.74) is 3.32. The van der Waals surface area contributed by atoms with Crippen LogP contribution in [0.25, 0.3) is 11.5 Å². The second-order valence-electron chi connectivity index (χ2n) is 5.98. The molecule has 0 amide bonds. The maximum atomic E-state index is 5.79. The topological polar surface area (TPSA) is 60.2 Å². The van der Waals surface area contributed by atoms with Crippen LogP contribution >= 0.6 is 0 Å². The van der Waals surface area contributed by atoms with Gasteiger partial charge in [-0.15, -0.1) is 0 Å². The molecule has 1 atom stereocenters. The number of fused-ring (bicyclic) bond motifs is 1. The average Bonchev–Trinajstić information content (AvgIpc) is 3.16. The summed E-state index contributed by atoms with van der Waals surface area (Å²) in [5.74, 6) is 1.28. The Hall–Kier alpha value is -1.72. The number of nitrogens with one attached hydrogen (secondary N) is 1. The van der Waals surface area contributed by atoms with Crippen LogP contribution in [0.4, 0.5) is 0 Å². The van der Waals surface area contributed by atoms with E-state index >= 15 is 0 Å². The standard InChI is InChI=1S/C16H19N3O2/c1-16(7-3-9-20-16)15-18-14(21-19-15)13-5-2-4-11-10-17-8-6-12(11)13/h2,4-5,17H,3,6-10H2,1H3. The summed E-state index contributed by atoms with van der Waals surface area (Å²) >= 11 is 0. The molecular weight excluding hydrogens is 266 g/mol. The molecule has 2 aliphatic heterocycles. The van der Waals surface area contributed by atoms with Crippen LogP contribution in [-0.4, -0.2) is 23.3 Å². The van der Waals surface area contributed by atoms with E-state index < -0.39 is 5.60 Å². The molecule has 5 heteroatoms. The fourth-order valence-electron chi connectivity index (χ4n) is 3.24. The maximum Gasteiger partial charge on any atom is 0.258 e. The van der Waals surface area contributed by atoms with E-state index in [1.165, 1.54) is 11.1 Å². The summed E-state index contributed by atoms with van der Waals surface area (Å²) in [6.07, 6.45) is 2.99. The smallest absolute Gasteiger partial charge is 0.258 e. The Balaban J connectivity index is 1.73. The van der Waals surface area contributed by atoms with Gasteiger partial charge in [-0.2, -0.15) is 4.98 Å². The van der Waals surface area contributed by atoms with Gasteiger partial charge in [-0.25, -0.2) is 0 Å². The molecule has 0 aliphatic carbocycles. The van der Waals surface area contributed by atoms with Crippen molar-refractivity contribution >= 4 is 0 Å². The van der Waals surface area contributed by atoms with E-state index in [1.54, 1.807) is 0 Å². The quantitative estimate of drug-likeness (QED) is 0.918. The minimum Gasteiger partial charge on any atom is -0.367 e. The third kappa shape index (κ3) is 2.17. The van der Waals surface area contributed by atoms with E-state index in [0.29, 0.717) is 11.7 Å². The van der Waals surface area contributed by atoms with E-state index in [1.807, 2.05) is 6.92 Å². The summed E-state index contributed by atoms with van der Waals surface area (Å²) in [7, 11) is 0. The van der Waals surface area contributed by atoms with Gasteiger partial charge >= 0.3 is 0 Å². The summed E-state index contributed by atoms with van der Waals surface area (Å²) < 4.78 is 11.3. The van der Waals surface area contributed by atoms with Crippen LogP contribution in [0.15, 0.2) is 22.7 Å². The molecule has 5 nitrogen and oxygen atoms in total. The largest absolute Gasteiger partial charge is 0.367 e. The van der Waals surface area contributed by atoms with Crippen molar-refractivity contribution in [3.8, 4) is 11.5 Å². The average molecular weight is 285 g/mol. The zero-order valence-electron chi connectivity index (χ0n) is 12.2. The third-order valence-corrected chi connectivity index (χ3v) is 4.49. The number of hydrogen-bond donors (Lipinski definition) is 1. The van der Waals surface area contributed by atoms with E-state index in [0.717, 1.165) is 44.5 Å². The molecule has 1 fully saturated rings. The van der Waals surface area contributed by atoms with Crippen molar-refractivity contribution in [2.24, 2.45) is 0 Å². The predicted molar refractivity (Wildman–Crippen MR) is 77.7 cm³/mol. The molecule has 0 bridgehead atoms. The predicted octanol–water partition coefficient (Wildman–Crippen LogP) is 2.41. The molecule has 1 aromatic heterocycles. The lowest BCUT2D eigenvalue weighted by Gasteiger charge is -2.19. The zero-order valence-corrected chi connectivity index (χ0v) is 12.2. The third-order valence-electron chi connectivity index (χ3n) is 4.49. The number of rotatable bonds is 2. The molecule has 3 heterocycles. The van der Waals surface area contributed by atoms with Gasteiger partial charge < -0.3 is 14.6 Å². The summed E-state index contributed by atoms with van der Waals surface area (Å²) in [4.78, 5) is 4.62. The van der Waals surface area contributed by atoms with E-state index in [9.17, 15) is 0 Å². The van der Waals surface area contributed by atoms with Crippen molar-refractivity contribution in [1.29, 1.82) is 0 Å². The summed E-state index contributed by atoms with van der Waals surface area (Å²) in [6.45, 7) is 4.71. The van der Waals surface area contributed by atoms with E-state index in [-0.39, 0.29) is 0 Å². The number of nitrogens with zero attached hydrogens (tertiary/aromatic N) is 2. The first-order valence-electron chi connectivity index (χ1n) is 7.56. The van der Waals surface area contributed by atoms with Gasteiger partial charge in [0.2, 0.25) is 5.82 Å². The molecule has 2 aromatic rings. The Bertz CT molecular complexity index is 659. The van der Waals surface area contributed by atoms with Crippen molar-refractivity contribution in [3.05, 3.63) is 35.2 Å². The molecule has 1 unspecified atom stereocenters. The molecular formula is C16H19N3O2. The fraction of sp³-hybridized carbons (Fsp3) is 0.500. The van der Waals surface area contributed by atoms with Gasteiger partial charge in [-0.3, -0.25) is 0 Å². The Morgan fingerprint density at radius 3 is 3.14 bits per heavy atom. The van der Waals surface area contributed by atoms with Gasteiger partial charge in [0.15, 0.2) is 0 Å². The number of hydrogen-bond acceptors (Lipinski definition) is 5.